The van der Waals surface area contributed by atoms with Gasteiger partial charge in [0.25, 0.3) is 0 Å². The van der Waals surface area contributed by atoms with Gasteiger partial charge in [0.2, 0.25) is 0 Å². The molecule has 2 aliphatic rings. The molecule has 5 nitrogen and oxygen atoms in total. The number of guanidine groups is 1. The highest BCUT2D eigenvalue weighted by atomic mass is 19.1. The lowest BCUT2D eigenvalue weighted by Gasteiger charge is -2.42. The normalized spacial score (nSPS) is 29.0. The molecule has 4 atom stereocenters. The number of morpholine rings is 1. The van der Waals surface area contributed by atoms with Gasteiger partial charge < -0.3 is 19.7 Å². The van der Waals surface area contributed by atoms with E-state index in [2.05, 4.69) is 42.9 Å². The van der Waals surface area contributed by atoms with Crippen LogP contribution in [0.15, 0.2) is 29.3 Å². The number of ether oxygens (including phenoxy) is 2. The van der Waals surface area contributed by atoms with Gasteiger partial charge in [-0.2, -0.15) is 0 Å². The van der Waals surface area contributed by atoms with E-state index in [1.807, 2.05) is 7.05 Å². The summed E-state index contributed by atoms with van der Waals surface area (Å²) in [6, 6.07) is 6.59. The first-order valence-corrected chi connectivity index (χ1v) is 10.8. The molecule has 2 saturated heterocycles. The molecule has 3 rings (SSSR count). The largest absolute Gasteiger partial charge is 0.377 e. The average Bonchev–Trinajstić information content (AvgIpc) is 2.68. The maximum absolute atomic E-state index is 13.3. The molecule has 0 bridgehead atoms. The third-order valence-electron chi connectivity index (χ3n) is 5.83. The fourth-order valence-corrected chi connectivity index (χ4v) is 4.55. The van der Waals surface area contributed by atoms with Crippen LogP contribution in [-0.2, 0) is 9.47 Å². The van der Waals surface area contributed by atoms with Crippen molar-refractivity contribution < 1.29 is 13.9 Å². The van der Waals surface area contributed by atoms with Crippen molar-refractivity contribution in [1.82, 2.24) is 10.2 Å². The monoisotopic (exact) mass is 405 g/mol. The summed E-state index contributed by atoms with van der Waals surface area (Å²) in [5.41, 5.74) is 1.11. The molecule has 4 unspecified atom stereocenters. The molecule has 2 aliphatic heterocycles. The van der Waals surface area contributed by atoms with Crippen molar-refractivity contribution in [2.45, 2.75) is 58.8 Å². The van der Waals surface area contributed by atoms with E-state index < -0.39 is 0 Å². The molecule has 0 amide bonds. The van der Waals surface area contributed by atoms with Crippen molar-refractivity contribution in [1.29, 1.82) is 0 Å². The minimum atomic E-state index is -0.227. The minimum absolute atomic E-state index is 0.0673. The van der Waals surface area contributed by atoms with Gasteiger partial charge in [-0.15, -0.1) is 0 Å². The Labute approximate surface area is 174 Å². The van der Waals surface area contributed by atoms with Crippen molar-refractivity contribution in [3.63, 3.8) is 0 Å². The van der Waals surface area contributed by atoms with Crippen LogP contribution < -0.4 is 5.32 Å². The molecule has 0 spiro atoms. The van der Waals surface area contributed by atoms with E-state index >= 15 is 0 Å². The Morgan fingerprint density at radius 2 is 1.97 bits per heavy atom. The molecule has 2 heterocycles. The van der Waals surface area contributed by atoms with Gasteiger partial charge in [0.05, 0.1) is 18.8 Å². The number of hydrogen-bond donors (Lipinski definition) is 1. The quantitative estimate of drug-likeness (QED) is 0.610. The first kappa shape index (κ1) is 22.0. The lowest BCUT2D eigenvalue weighted by Crippen LogP contribution is -2.53. The van der Waals surface area contributed by atoms with Crippen LogP contribution in [0.4, 0.5) is 4.39 Å². The molecular formula is C23H36FN3O2. The zero-order chi connectivity index (χ0) is 21.0. The SMILES string of the molecule is CN=C(NCC1CCCOC1C(C)(C)C)N1CC(C)OC(c2ccc(F)cc2)C1. The second kappa shape index (κ2) is 9.43. The van der Waals surface area contributed by atoms with Crippen LogP contribution in [0.1, 0.15) is 52.2 Å². The van der Waals surface area contributed by atoms with Crippen LogP contribution in [0.2, 0.25) is 0 Å². The third-order valence-corrected chi connectivity index (χ3v) is 5.83. The fraction of sp³-hybridized carbons (Fsp3) is 0.696. The molecule has 0 radical (unpaired) electrons. The molecule has 29 heavy (non-hydrogen) atoms. The standard InChI is InChI=1S/C23H36FN3O2/c1-16-14-27(15-20(29-16)17-8-10-19(24)11-9-17)22(25-5)26-13-18-7-6-12-28-21(18)23(2,3)4/h8-11,16,18,20-21H,6-7,12-15H2,1-5H3,(H,25,26). The van der Waals surface area contributed by atoms with E-state index in [9.17, 15) is 4.39 Å². The first-order valence-electron chi connectivity index (χ1n) is 10.8. The smallest absolute Gasteiger partial charge is 0.193 e. The van der Waals surface area contributed by atoms with Gasteiger partial charge in [-0.05, 0) is 42.9 Å². The van der Waals surface area contributed by atoms with Crippen LogP contribution >= 0.6 is 0 Å². The second-order valence-electron chi connectivity index (χ2n) is 9.38. The molecular weight excluding hydrogens is 369 g/mol. The van der Waals surface area contributed by atoms with Crippen molar-refractivity contribution in [3.05, 3.63) is 35.6 Å². The van der Waals surface area contributed by atoms with E-state index in [0.29, 0.717) is 12.5 Å². The summed E-state index contributed by atoms with van der Waals surface area (Å²) in [4.78, 5) is 6.78. The molecule has 0 saturated carbocycles. The summed E-state index contributed by atoms with van der Waals surface area (Å²) >= 11 is 0. The van der Waals surface area contributed by atoms with Gasteiger partial charge in [0.15, 0.2) is 5.96 Å². The van der Waals surface area contributed by atoms with Crippen molar-refractivity contribution in [2.24, 2.45) is 16.3 Å². The third kappa shape index (κ3) is 5.70. The number of rotatable bonds is 3. The fourth-order valence-electron chi connectivity index (χ4n) is 4.55. The molecule has 1 aromatic carbocycles. The number of hydrogen-bond acceptors (Lipinski definition) is 3. The molecule has 0 aliphatic carbocycles. The Balaban J connectivity index is 1.65. The van der Waals surface area contributed by atoms with Gasteiger partial charge in [-0.1, -0.05) is 32.9 Å². The Kier molecular flexibility index (Phi) is 7.17. The molecule has 1 aromatic rings. The van der Waals surface area contributed by atoms with Crippen LogP contribution in [0, 0.1) is 17.2 Å². The van der Waals surface area contributed by atoms with Crippen LogP contribution in [0.5, 0.6) is 0 Å². The maximum Gasteiger partial charge on any atom is 0.193 e. The predicted octanol–water partition coefficient (Wildman–Crippen LogP) is 4.00. The predicted molar refractivity (Wildman–Crippen MR) is 115 cm³/mol. The van der Waals surface area contributed by atoms with E-state index in [4.69, 9.17) is 9.47 Å². The highest BCUT2D eigenvalue weighted by Crippen LogP contribution is 2.34. The van der Waals surface area contributed by atoms with Gasteiger partial charge in [0.1, 0.15) is 11.9 Å². The first-order chi connectivity index (χ1) is 13.8. The Morgan fingerprint density at radius 1 is 1.24 bits per heavy atom. The average molecular weight is 406 g/mol. The number of benzene rings is 1. The molecule has 0 aromatic heterocycles. The minimum Gasteiger partial charge on any atom is -0.377 e. The summed E-state index contributed by atoms with van der Waals surface area (Å²) < 4.78 is 25.5. The Hall–Kier alpha value is -1.66. The zero-order valence-corrected chi connectivity index (χ0v) is 18.5. The topological polar surface area (TPSA) is 46.1 Å². The molecule has 1 N–H and O–H groups in total. The number of nitrogens with zero attached hydrogens (tertiary/aromatic N) is 2. The highest BCUT2D eigenvalue weighted by Gasteiger charge is 2.36. The Morgan fingerprint density at radius 3 is 2.62 bits per heavy atom. The second-order valence-corrected chi connectivity index (χ2v) is 9.38. The molecule has 6 heteroatoms. The van der Waals surface area contributed by atoms with Gasteiger partial charge >= 0.3 is 0 Å². The van der Waals surface area contributed by atoms with Crippen LogP contribution in [0.3, 0.4) is 0 Å². The number of aliphatic imine (C=N–C) groups is 1. The van der Waals surface area contributed by atoms with Crippen LogP contribution in [0.25, 0.3) is 0 Å². The summed E-state index contributed by atoms with van der Waals surface area (Å²) in [7, 11) is 1.83. The van der Waals surface area contributed by atoms with Crippen molar-refractivity contribution in [3.8, 4) is 0 Å². The van der Waals surface area contributed by atoms with Crippen molar-refractivity contribution in [2.75, 3.05) is 33.3 Å². The summed E-state index contributed by atoms with van der Waals surface area (Å²) in [5, 5.41) is 3.59. The van der Waals surface area contributed by atoms with E-state index in [1.54, 1.807) is 12.1 Å². The number of nitrogens with one attached hydrogen (secondary N) is 1. The van der Waals surface area contributed by atoms with E-state index in [-0.39, 0.29) is 29.5 Å². The summed E-state index contributed by atoms with van der Waals surface area (Å²) in [5.74, 6) is 1.13. The van der Waals surface area contributed by atoms with E-state index in [1.165, 1.54) is 18.6 Å². The van der Waals surface area contributed by atoms with Gasteiger partial charge in [0, 0.05) is 32.7 Å². The molecule has 2 fully saturated rings. The summed E-state index contributed by atoms with van der Waals surface area (Å²) in [6.07, 6.45) is 2.50. The maximum atomic E-state index is 13.3. The van der Waals surface area contributed by atoms with Crippen LogP contribution in [-0.4, -0.2) is 56.4 Å². The Bertz CT molecular complexity index is 686. The number of halogens is 1. The van der Waals surface area contributed by atoms with Gasteiger partial charge in [-0.3, -0.25) is 4.99 Å². The zero-order valence-electron chi connectivity index (χ0n) is 18.5. The van der Waals surface area contributed by atoms with E-state index in [0.717, 1.165) is 37.6 Å². The van der Waals surface area contributed by atoms with Gasteiger partial charge in [-0.25, -0.2) is 4.39 Å². The summed E-state index contributed by atoms with van der Waals surface area (Å²) in [6.45, 7) is 12.0. The molecule has 162 valence electrons. The lowest BCUT2D eigenvalue weighted by atomic mass is 9.78. The lowest BCUT2D eigenvalue weighted by molar-refractivity contribution is -0.0841. The van der Waals surface area contributed by atoms with Crippen molar-refractivity contribution >= 4 is 5.96 Å². The highest BCUT2D eigenvalue weighted by molar-refractivity contribution is 5.80.